The van der Waals surface area contributed by atoms with E-state index in [1.165, 1.54) is 24.3 Å². The molecule has 0 aliphatic rings. The summed E-state index contributed by atoms with van der Waals surface area (Å²) in [6.07, 6.45) is 0. The van der Waals surface area contributed by atoms with Crippen LogP contribution in [0.4, 0.5) is 23.2 Å². The maximum absolute atomic E-state index is 13.5. The van der Waals surface area contributed by atoms with Crippen molar-refractivity contribution >= 4 is 11.6 Å². The highest BCUT2D eigenvalue weighted by Crippen LogP contribution is 2.16. The Kier molecular flexibility index (Phi) is 6.24. The normalized spacial score (nSPS) is 11.5. The minimum Gasteiger partial charge on any atom is -0.328 e. The van der Waals surface area contributed by atoms with Crippen LogP contribution in [-0.4, -0.2) is 23.5 Å². The van der Waals surface area contributed by atoms with Crippen LogP contribution in [0, 0.1) is 35.4 Å². The second kappa shape index (κ2) is 8.39. The molecule has 136 valence electrons. The molecule has 0 aliphatic carbocycles. The molecule has 0 bridgehead atoms. The number of amides is 1. The summed E-state index contributed by atoms with van der Waals surface area (Å²) in [5, 5.41) is 2.54. The summed E-state index contributed by atoms with van der Waals surface area (Å²) < 4.78 is 53.0. The van der Waals surface area contributed by atoms with Crippen LogP contribution < -0.4 is 22.3 Å². The Balaban J connectivity index is 2.19. The number of nitrogens with one attached hydrogen (secondary N) is 2. The van der Waals surface area contributed by atoms with Crippen LogP contribution in [0.5, 0.6) is 0 Å². The highest BCUT2D eigenvalue weighted by molar-refractivity contribution is 5.95. The van der Waals surface area contributed by atoms with Gasteiger partial charge in [0, 0.05) is 17.8 Å². The van der Waals surface area contributed by atoms with Crippen molar-refractivity contribution in [3.8, 4) is 11.8 Å². The largest absolute Gasteiger partial charge is 0.328 e. The van der Waals surface area contributed by atoms with E-state index in [0.717, 1.165) is 0 Å². The van der Waals surface area contributed by atoms with Gasteiger partial charge in [-0.05, 0) is 24.3 Å². The first-order valence-electron chi connectivity index (χ1n) is 7.16. The molecule has 26 heavy (non-hydrogen) atoms. The topological polar surface area (TPSA) is 106 Å². The standard InChI is InChI=1S/C16H13F4N5O/c17-12-10(13(18)15(20)24-14(12)19)6-3-8-1-4-9(5-2-8)23-16(26)11(7-21)25-22/h1-2,4-5,11,25H,7,21-22H2,(H,23,26). The van der Waals surface area contributed by atoms with Crippen LogP contribution in [0.2, 0.25) is 0 Å². The van der Waals surface area contributed by atoms with Crippen LogP contribution >= 0.6 is 0 Å². The van der Waals surface area contributed by atoms with Crippen molar-refractivity contribution in [3.05, 3.63) is 58.9 Å². The number of rotatable bonds is 4. The fraction of sp³-hybridized carbons (Fsp3) is 0.125. The lowest BCUT2D eigenvalue weighted by atomic mass is 10.1. The van der Waals surface area contributed by atoms with Crippen molar-refractivity contribution in [2.24, 2.45) is 11.6 Å². The highest BCUT2D eigenvalue weighted by atomic mass is 19.2. The average Bonchev–Trinajstić information content (AvgIpc) is 2.62. The number of hydrogen-bond donors (Lipinski definition) is 4. The molecule has 2 rings (SSSR count). The van der Waals surface area contributed by atoms with Crippen molar-refractivity contribution < 1.29 is 22.4 Å². The number of pyridine rings is 1. The molecule has 0 radical (unpaired) electrons. The first-order valence-corrected chi connectivity index (χ1v) is 7.16. The number of hydrazine groups is 1. The summed E-state index contributed by atoms with van der Waals surface area (Å²) >= 11 is 0. The third-order valence-corrected chi connectivity index (χ3v) is 3.24. The Morgan fingerprint density at radius 1 is 1.08 bits per heavy atom. The number of carbonyl (C=O) groups is 1. The Bertz CT molecular complexity index is 847. The molecule has 1 heterocycles. The van der Waals surface area contributed by atoms with Crippen LogP contribution in [0.1, 0.15) is 11.1 Å². The lowest BCUT2D eigenvalue weighted by Gasteiger charge is -2.13. The number of nitrogens with zero attached hydrogens (tertiary/aromatic N) is 1. The van der Waals surface area contributed by atoms with E-state index in [2.05, 4.69) is 21.6 Å². The molecular weight excluding hydrogens is 354 g/mol. The van der Waals surface area contributed by atoms with Crippen molar-refractivity contribution in [1.29, 1.82) is 0 Å². The third-order valence-electron chi connectivity index (χ3n) is 3.24. The molecule has 1 unspecified atom stereocenters. The van der Waals surface area contributed by atoms with E-state index in [0.29, 0.717) is 5.69 Å². The Hall–Kier alpha value is -3.00. The van der Waals surface area contributed by atoms with Gasteiger partial charge < -0.3 is 11.1 Å². The number of hydrogen-bond acceptors (Lipinski definition) is 5. The summed E-state index contributed by atoms with van der Waals surface area (Å²) in [6, 6.07) is 5.01. The van der Waals surface area contributed by atoms with Gasteiger partial charge in [0.2, 0.25) is 5.91 Å². The molecule has 0 spiro atoms. The van der Waals surface area contributed by atoms with Crippen LogP contribution in [0.15, 0.2) is 24.3 Å². The molecule has 1 atom stereocenters. The van der Waals surface area contributed by atoms with Gasteiger partial charge in [0.15, 0.2) is 11.6 Å². The number of halogens is 4. The zero-order chi connectivity index (χ0) is 19.3. The smallest absolute Gasteiger partial charge is 0.253 e. The summed E-state index contributed by atoms with van der Waals surface area (Å²) in [6.45, 7) is -0.0118. The number of benzene rings is 1. The first kappa shape index (κ1) is 19.3. The molecule has 1 aromatic heterocycles. The van der Waals surface area contributed by atoms with Crippen LogP contribution in [-0.2, 0) is 4.79 Å². The van der Waals surface area contributed by atoms with Crippen molar-refractivity contribution in [1.82, 2.24) is 10.4 Å². The van der Waals surface area contributed by atoms with Gasteiger partial charge in [-0.1, -0.05) is 11.8 Å². The first-order chi connectivity index (χ1) is 12.4. The number of carbonyl (C=O) groups excluding carboxylic acids is 1. The van der Waals surface area contributed by atoms with E-state index < -0.39 is 41.0 Å². The van der Waals surface area contributed by atoms with Gasteiger partial charge in [0.25, 0.3) is 11.9 Å². The molecule has 10 heteroatoms. The molecule has 0 fully saturated rings. The number of anilines is 1. The van der Waals surface area contributed by atoms with Gasteiger partial charge in [-0.2, -0.15) is 13.8 Å². The summed E-state index contributed by atoms with van der Waals surface area (Å²) in [5.74, 6) is 2.19. The minimum absolute atomic E-state index is 0.0118. The molecule has 0 saturated heterocycles. The molecule has 0 aliphatic heterocycles. The second-order valence-electron chi connectivity index (χ2n) is 4.97. The van der Waals surface area contributed by atoms with E-state index in [-0.39, 0.29) is 12.1 Å². The van der Waals surface area contributed by atoms with E-state index in [4.69, 9.17) is 11.6 Å². The fourth-order valence-corrected chi connectivity index (χ4v) is 1.85. The lowest BCUT2D eigenvalue weighted by molar-refractivity contribution is -0.117. The average molecular weight is 367 g/mol. The molecule has 0 saturated carbocycles. The second-order valence-corrected chi connectivity index (χ2v) is 4.97. The zero-order valence-corrected chi connectivity index (χ0v) is 13.1. The van der Waals surface area contributed by atoms with Gasteiger partial charge in [-0.3, -0.25) is 10.6 Å². The van der Waals surface area contributed by atoms with Crippen molar-refractivity contribution in [3.63, 3.8) is 0 Å². The van der Waals surface area contributed by atoms with E-state index in [9.17, 15) is 22.4 Å². The van der Waals surface area contributed by atoms with Gasteiger partial charge in [0.05, 0.1) is 0 Å². The summed E-state index contributed by atoms with van der Waals surface area (Å²) in [4.78, 5) is 14.2. The van der Waals surface area contributed by atoms with E-state index in [1.807, 2.05) is 5.92 Å². The van der Waals surface area contributed by atoms with Gasteiger partial charge in [-0.15, -0.1) is 0 Å². The van der Waals surface area contributed by atoms with E-state index >= 15 is 0 Å². The molecule has 6 N–H and O–H groups in total. The third kappa shape index (κ3) is 4.34. The minimum atomic E-state index is -1.78. The summed E-state index contributed by atoms with van der Waals surface area (Å²) in [5.41, 5.74) is 7.22. The molecule has 2 aromatic rings. The predicted molar refractivity (Wildman–Crippen MR) is 85.3 cm³/mol. The summed E-state index contributed by atoms with van der Waals surface area (Å²) in [7, 11) is 0. The lowest BCUT2D eigenvalue weighted by Crippen LogP contribution is -2.48. The molecule has 1 amide bonds. The van der Waals surface area contributed by atoms with Gasteiger partial charge in [0.1, 0.15) is 11.6 Å². The monoisotopic (exact) mass is 367 g/mol. The highest BCUT2D eigenvalue weighted by Gasteiger charge is 2.19. The maximum atomic E-state index is 13.5. The van der Waals surface area contributed by atoms with Gasteiger partial charge in [-0.25, -0.2) is 14.2 Å². The van der Waals surface area contributed by atoms with Crippen molar-refractivity contribution in [2.45, 2.75) is 6.04 Å². The van der Waals surface area contributed by atoms with E-state index in [1.54, 1.807) is 0 Å². The van der Waals surface area contributed by atoms with Crippen LogP contribution in [0.25, 0.3) is 0 Å². The van der Waals surface area contributed by atoms with Crippen molar-refractivity contribution in [2.75, 3.05) is 11.9 Å². The molecule has 1 aromatic carbocycles. The fourth-order valence-electron chi connectivity index (χ4n) is 1.85. The quantitative estimate of drug-likeness (QED) is 0.210. The molecular formula is C16H13F4N5O. The van der Waals surface area contributed by atoms with Gasteiger partial charge >= 0.3 is 0 Å². The van der Waals surface area contributed by atoms with Crippen LogP contribution in [0.3, 0.4) is 0 Å². The SMILES string of the molecule is NCC(NN)C(=O)Nc1ccc(C#Cc2c(F)c(F)nc(F)c2F)cc1. The molecule has 6 nitrogen and oxygen atoms in total. The Labute approximate surface area is 145 Å². The number of aromatic nitrogens is 1. The predicted octanol–water partition coefficient (Wildman–Crippen LogP) is 0.767. The Morgan fingerprint density at radius 3 is 2.15 bits per heavy atom. The Morgan fingerprint density at radius 2 is 1.65 bits per heavy atom. The zero-order valence-electron chi connectivity index (χ0n) is 13.1. The number of nitrogens with two attached hydrogens (primary N) is 2. The maximum Gasteiger partial charge on any atom is 0.253 e.